The first-order chi connectivity index (χ1) is 13.1. The van der Waals surface area contributed by atoms with Crippen molar-refractivity contribution in [2.45, 2.75) is 6.42 Å². The van der Waals surface area contributed by atoms with E-state index in [1.165, 1.54) is 12.3 Å². The first-order valence-electron chi connectivity index (χ1n) is 8.67. The number of nitrogens with zero attached hydrogens (tertiary/aromatic N) is 1. The smallest absolute Gasteiger partial charge is 0.261 e. The number of aromatic nitrogens is 1. The third-order valence-electron chi connectivity index (χ3n) is 4.66. The molecule has 6 heteroatoms. The van der Waals surface area contributed by atoms with Gasteiger partial charge in [-0.1, -0.05) is 18.2 Å². The van der Waals surface area contributed by atoms with Crippen LogP contribution in [0, 0.1) is 0 Å². The molecule has 27 heavy (non-hydrogen) atoms. The molecular weight excluding hydrogens is 344 g/mol. The number of hydrogen-bond acceptors (Lipinski definition) is 4. The fraction of sp³-hybridized carbons (Fsp3) is 0.143. The molecule has 1 amide bonds. The number of aromatic hydroxyl groups is 1. The van der Waals surface area contributed by atoms with E-state index in [2.05, 4.69) is 4.98 Å². The Morgan fingerprint density at radius 3 is 2.56 bits per heavy atom. The Balaban J connectivity index is 1.51. The summed E-state index contributed by atoms with van der Waals surface area (Å²) in [7, 11) is 0. The Morgan fingerprint density at radius 1 is 1.11 bits per heavy atom. The van der Waals surface area contributed by atoms with Crippen LogP contribution in [0.2, 0.25) is 0 Å². The molecule has 1 aliphatic rings. The normalized spacial score (nSPS) is 14.1. The molecule has 0 saturated carbocycles. The van der Waals surface area contributed by atoms with Crippen molar-refractivity contribution >= 4 is 11.5 Å². The summed E-state index contributed by atoms with van der Waals surface area (Å²) in [5, 5.41) is 9.39. The number of phenolic OH excluding ortho intramolecular Hbond substituents is 1. The molecule has 0 aliphatic carbocycles. The van der Waals surface area contributed by atoms with Gasteiger partial charge in [0.2, 0.25) is 0 Å². The predicted molar refractivity (Wildman–Crippen MR) is 101 cm³/mol. The third kappa shape index (κ3) is 3.42. The number of benzene rings is 1. The number of nitrogens with one attached hydrogen (secondary N) is 1. The van der Waals surface area contributed by atoms with Crippen LogP contribution in [0.4, 0.5) is 0 Å². The van der Waals surface area contributed by atoms with Gasteiger partial charge in [-0.2, -0.15) is 0 Å². The number of carbonyl (C=O) groups is 1. The summed E-state index contributed by atoms with van der Waals surface area (Å²) >= 11 is 0. The van der Waals surface area contributed by atoms with Gasteiger partial charge in [0, 0.05) is 13.1 Å². The summed E-state index contributed by atoms with van der Waals surface area (Å²) in [4.78, 5) is 29.4. The van der Waals surface area contributed by atoms with E-state index < -0.39 is 5.56 Å². The molecule has 1 aromatic carbocycles. The second kappa shape index (κ2) is 6.99. The van der Waals surface area contributed by atoms with Gasteiger partial charge in [0.15, 0.2) is 0 Å². The Bertz CT molecular complexity index is 1050. The number of hydrogen-bond donors (Lipinski definition) is 2. The summed E-state index contributed by atoms with van der Waals surface area (Å²) in [5.41, 5.74) is 2.38. The van der Waals surface area contributed by atoms with Gasteiger partial charge in [-0.05, 0) is 54.0 Å². The van der Waals surface area contributed by atoms with Crippen LogP contribution >= 0.6 is 0 Å². The van der Waals surface area contributed by atoms with E-state index in [0.29, 0.717) is 31.0 Å². The van der Waals surface area contributed by atoms with Crippen molar-refractivity contribution in [1.29, 1.82) is 0 Å². The summed E-state index contributed by atoms with van der Waals surface area (Å²) < 4.78 is 5.26. The molecule has 136 valence electrons. The maximum Gasteiger partial charge on any atom is 0.261 e. The Hall–Kier alpha value is -3.54. The lowest BCUT2D eigenvalue weighted by atomic mass is 9.99. The molecule has 2 aromatic heterocycles. The van der Waals surface area contributed by atoms with Gasteiger partial charge < -0.3 is 19.4 Å². The highest BCUT2D eigenvalue weighted by molar-refractivity contribution is 5.94. The number of carbonyl (C=O) groups excluding carboxylic acids is 1. The summed E-state index contributed by atoms with van der Waals surface area (Å²) in [6, 6.07) is 13.7. The lowest BCUT2D eigenvalue weighted by molar-refractivity contribution is 0.0771. The number of rotatable bonds is 3. The van der Waals surface area contributed by atoms with Crippen molar-refractivity contribution in [3.63, 3.8) is 0 Å². The topological polar surface area (TPSA) is 86.5 Å². The van der Waals surface area contributed by atoms with Crippen LogP contribution in [-0.4, -0.2) is 34.0 Å². The molecule has 0 saturated heterocycles. The molecule has 0 unspecified atom stereocenters. The number of amides is 1. The SMILES string of the molecule is O=C(c1ccc(-c2ccco2)[nH]c1=O)N1CC=C(c2ccc(O)cc2)CC1. The average molecular weight is 362 g/mol. The molecule has 0 spiro atoms. The minimum absolute atomic E-state index is 0.117. The van der Waals surface area contributed by atoms with Gasteiger partial charge in [-0.3, -0.25) is 9.59 Å². The number of furan rings is 1. The quantitative estimate of drug-likeness (QED) is 0.749. The molecule has 1 aliphatic heterocycles. The Morgan fingerprint density at radius 2 is 1.93 bits per heavy atom. The van der Waals surface area contributed by atoms with Gasteiger partial charge >= 0.3 is 0 Å². The highest BCUT2D eigenvalue weighted by atomic mass is 16.3. The van der Waals surface area contributed by atoms with Crippen LogP contribution in [0.1, 0.15) is 22.3 Å². The van der Waals surface area contributed by atoms with E-state index in [0.717, 1.165) is 11.1 Å². The molecule has 6 nitrogen and oxygen atoms in total. The Labute approximate surface area is 155 Å². The fourth-order valence-electron chi connectivity index (χ4n) is 3.18. The first kappa shape index (κ1) is 16.9. The van der Waals surface area contributed by atoms with E-state index in [1.54, 1.807) is 35.2 Å². The van der Waals surface area contributed by atoms with Crippen molar-refractivity contribution in [3.8, 4) is 17.2 Å². The molecule has 0 radical (unpaired) electrons. The molecule has 3 heterocycles. The molecule has 0 atom stereocenters. The van der Waals surface area contributed by atoms with Gasteiger partial charge in [0.1, 0.15) is 17.1 Å². The monoisotopic (exact) mass is 362 g/mol. The van der Waals surface area contributed by atoms with E-state index in [4.69, 9.17) is 4.42 Å². The standard InChI is InChI=1S/C21H18N2O4/c24-16-5-3-14(4-6-16)15-9-11-23(12-10-15)21(26)17-7-8-18(22-20(17)25)19-2-1-13-27-19/h1-9,13,24H,10-12H2,(H,22,25). The number of pyridine rings is 1. The van der Waals surface area contributed by atoms with Gasteiger partial charge in [0.25, 0.3) is 11.5 Å². The Kier molecular flexibility index (Phi) is 4.38. The highest BCUT2D eigenvalue weighted by Gasteiger charge is 2.22. The van der Waals surface area contributed by atoms with E-state index in [1.807, 2.05) is 18.2 Å². The van der Waals surface area contributed by atoms with E-state index in [9.17, 15) is 14.7 Å². The number of aromatic amines is 1. The first-order valence-corrected chi connectivity index (χ1v) is 8.67. The zero-order valence-electron chi connectivity index (χ0n) is 14.5. The second-order valence-electron chi connectivity index (χ2n) is 6.37. The van der Waals surface area contributed by atoms with Crippen molar-refractivity contribution in [2.24, 2.45) is 0 Å². The van der Waals surface area contributed by atoms with Crippen molar-refractivity contribution in [2.75, 3.05) is 13.1 Å². The molecule has 0 bridgehead atoms. The summed E-state index contributed by atoms with van der Waals surface area (Å²) in [6.45, 7) is 0.972. The van der Waals surface area contributed by atoms with Crippen molar-refractivity contribution in [1.82, 2.24) is 9.88 Å². The van der Waals surface area contributed by atoms with Crippen LogP contribution in [0.3, 0.4) is 0 Å². The molecule has 3 aromatic rings. The third-order valence-corrected chi connectivity index (χ3v) is 4.66. The van der Waals surface area contributed by atoms with Crippen LogP contribution in [0.25, 0.3) is 17.0 Å². The minimum atomic E-state index is -0.429. The largest absolute Gasteiger partial charge is 0.508 e. The van der Waals surface area contributed by atoms with E-state index >= 15 is 0 Å². The van der Waals surface area contributed by atoms with Crippen LogP contribution in [-0.2, 0) is 0 Å². The maximum absolute atomic E-state index is 12.7. The van der Waals surface area contributed by atoms with Crippen molar-refractivity contribution < 1.29 is 14.3 Å². The van der Waals surface area contributed by atoms with Gasteiger partial charge in [-0.25, -0.2) is 0 Å². The lowest BCUT2D eigenvalue weighted by Crippen LogP contribution is -2.37. The maximum atomic E-state index is 12.7. The van der Waals surface area contributed by atoms with Gasteiger partial charge in [0.05, 0.1) is 12.0 Å². The van der Waals surface area contributed by atoms with Gasteiger partial charge in [-0.15, -0.1) is 0 Å². The van der Waals surface area contributed by atoms with Crippen LogP contribution in [0.15, 0.2) is 70.1 Å². The van der Waals surface area contributed by atoms with Crippen LogP contribution in [0.5, 0.6) is 5.75 Å². The average Bonchev–Trinajstić information content (AvgIpc) is 3.23. The number of phenols is 1. The van der Waals surface area contributed by atoms with Crippen molar-refractivity contribution in [3.05, 3.63) is 82.4 Å². The fourth-order valence-corrected chi connectivity index (χ4v) is 3.18. The van der Waals surface area contributed by atoms with Crippen LogP contribution < -0.4 is 5.56 Å². The molecule has 0 fully saturated rings. The number of H-pyrrole nitrogens is 1. The lowest BCUT2D eigenvalue weighted by Gasteiger charge is -2.26. The summed E-state index contributed by atoms with van der Waals surface area (Å²) in [6.07, 6.45) is 4.20. The molecule has 4 rings (SSSR count). The highest BCUT2D eigenvalue weighted by Crippen LogP contribution is 2.24. The molecule has 2 N–H and O–H groups in total. The minimum Gasteiger partial charge on any atom is -0.508 e. The van der Waals surface area contributed by atoms with E-state index in [-0.39, 0.29) is 17.2 Å². The second-order valence-corrected chi connectivity index (χ2v) is 6.37. The summed E-state index contributed by atoms with van der Waals surface area (Å²) in [5.74, 6) is 0.484. The zero-order valence-corrected chi connectivity index (χ0v) is 14.5. The predicted octanol–water partition coefficient (Wildman–Crippen LogP) is 3.27. The molecular formula is C21H18N2O4. The zero-order chi connectivity index (χ0) is 18.8.